The van der Waals surface area contributed by atoms with Gasteiger partial charge in [-0.05, 0) is 24.5 Å². The van der Waals surface area contributed by atoms with E-state index in [9.17, 15) is 4.79 Å². The van der Waals surface area contributed by atoms with E-state index in [0.29, 0.717) is 12.4 Å². The molecular weight excluding hydrogens is 228 g/mol. The van der Waals surface area contributed by atoms with Gasteiger partial charge in [-0.1, -0.05) is 31.2 Å². The number of aromatic nitrogens is 2. The first-order valence-corrected chi connectivity index (χ1v) is 5.95. The van der Waals surface area contributed by atoms with Gasteiger partial charge in [0.15, 0.2) is 5.69 Å². The Morgan fingerprint density at radius 1 is 1.28 bits per heavy atom. The molecule has 18 heavy (non-hydrogen) atoms. The van der Waals surface area contributed by atoms with Crippen LogP contribution < -0.4 is 0 Å². The number of hydrogen-bond donors (Lipinski definition) is 1. The van der Waals surface area contributed by atoms with E-state index in [1.165, 1.54) is 5.56 Å². The molecule has 0 amide bonds. The molecular formula is C14H16N2O2. The zero-order chi connectivity index (χ0) is 13.1. The molecule has 4 heteroatoms. The summed E-state index contributed by atoms with van der Waals surface area (Å²) in [6.45, 7) is 4.58. The van der Waals surface area contributed by atoms with Crippen LogP contribution in [0.3, 0.4) is 0 Å². The second-order valence-corrected chi connectivity index (χ2v) is 4.28. The lowest BCUT2D eigenvalue weighted by atomic mass is 10.1. The highest BCUT2D eigenvalue weighted by atomic mass is 16.4. The fourth-order valence-electron chi connectivity index (χ4n) is 1.85. The van der Waals surface area contributed by atoms with E-state index < -0.39 is 5.97 Å². The minimum atomic E-state index is -0.988. The Labute approximate surface area is 106 Å². The smallest absolute Gasteiger partial charge is 0.356 e. The molecule has 2 rings (SSSR count). The van der Waals surface area contributed by atoms with Crippen molar-refractivity contribution in [2.24, 2.45) is 0 Å². The topological polar surface area (TPSA) is 55.1 Å². The van der Waals surface area contributed by atoms with Gasteiger partial charge in [-0.15, -0.1) is 0 Å². The summed E-state index contributed by atoms with van der Waals surface area (Å²) in [5.74, 6) is -0.273. The maximum Gasteiger partial charge on any atom is 0.356 e. The number of rotatable bonds is 4. The summed E-state index contributed by atoms with van der Waals surface area (Å²) in [5, 5.41) is 8.88. The van der Waals surface area contributed by atoms with Gasteiger partial charge in [-0.2, -0.15) is 0 Å². The third kappa shape index (κ3) is 2.59. The van der Waals surface area contributed by atoms with E-state index in [0.717, 1.165) is 12.0 Å². The molecule has 0 spiro atoms. The first kappa shape index (κ1) is 12.4. The van der Waals surface area contributed by atoms with E-state index in [1.54, 1.807) is 6.20 Å². The van der Waals surface area contributed by atoms with Gasteiger partial charge in [-0.25, -0.2) is 9.78 Å². The number of benzene rings is 1. The van der Waals surface area contributed by atoms with Crippen LogP contribution in [-0.4, -0.2) is 20.6 Å². The summed E-state index contributed by atoms with van der Waals surface area (Å²) in [6, 6.07) is 8.33. The maximum atomic E-state index is 10.8. The van der Waals surface area contributed by atoms with Crippen LogP contribution in [0.1, 0.15) is 34.4 Å². The number of aryl methyl sites for hydroxylation is 2. The number of hydrogen-bond acceptors (Lipinski definition) is 2. The average molecular weight is 244 g/mol. The minimum absolute atomic E-state index is 0.0951. The number of carboxylic acid groups (broad SMARTS) is 1. The predicted octanol–water partition coefficient (Wildman–Crippen LogP) is 2.50. The molecule has 0 saturated carbocycles. The summed E-state index contributed by atoms with van der Waals surface area (Å²) in [6.07, 6.45) is 2.60. The van der Waals surface area contributed by atoms with Crippen molar-refractivity contribution in [3.8, 4) is 0 Å². The first-order chi connectivity index (χ1) is 8.60. The number of carbonyl (C=O) groups is 1. The second-order valence-electron chi connectivity index (χ2n) is 4.28. The molecule has 0 saturated heterocycles. The van der Waals surface area contributed by atoms with Crippen LogP contribution >= 0.6 is 0 Å². The Morgan fingerprint density at radius 2 is 1.89 bits per heavy atom. The van der Waals surface area contributed by atoms with E-state index in [2.05, 4.69) is 36.2 Å². The summed E-state index contributed by atoms with van der Waals surface area (Å²) in [4.78, 5) is 14.8. The van der Waals surface area contributed by atoms with E-state index in [1.807, 2.05) is 11.5 Å². The molecule has 1 aromatic carbocycles. The predicted molar refractivity (Wildman–Crippen MR) is 68.8 cm³/mol. The molecule has 0 fully saturated rings. The first-order valence-electron chi connectivity index (χ1n) is 5.95. The average Bonchev–Trinajstić information content (AvgIpc) is 2.72. The Kier molecular flexibility index (Phi) is 3.46. The third-order valence-corrected chi connectivity index (χ3v) is 2.98. The molecule has 0 bridgehead atoms. The standard InChI is InChI=1S/C14H16N2O2/c1-3-11-4-6-12(7-5-11)8-16-9-13(14(17)18)15-10(16)2/h4-7,9H,3,8H2,1-2H3,(H,17,18). The van der Waals surface area contributed by atoms with Crippen molar-refractivity contribution in [1.82, 2.24) is 9.55 Å². The number of carboxylic acids is 1. The summed E-state index contributed by atoms with van der Waals surface area (Å²) in [5.41, 5.74) is 2.54. The quantitative estimate of drug-likeness (QED) is 0.899. The zero-order valence-electron chi connectivity index (χ0n) is 10.6. The van der Waals surface area contributed by atoms with Gasteiger partial charge in [-0.3, -0.25) is 0 Å². The van der Waals surface area contributed by atoms with E-state index >= 15 is 0 Å². The van der Waals surface area contributed by atoms with Gasteiger partial charge in [0, 0.05) is 12.7 Å². The van der Waals surface area contributed by atoms with Crippen LogP contribution in [0.2, 0.25) is 0 Å². The molecule has 1 N–H and O–H groups in total. The van der Waals surface area contributed by atoms with Crippen molar-refractivity contribution >= 4 is 5.97 Å². The normalized spacial score (nSPS) is 10.6. The molecule has 0 atom stereocenters. The Bertz CT molecular complexity index is 556. The molecule has 4 nitrogen and oxygen atoms in total. The Morgan fingerprint density at radius 3 is 2.39 bits per heavy atom. The van der Waals surface area contributed by atoms with Gasteiger partial charge in [0.05, 0.1) is 0 Å². The highest BCUT2D eigenvalue weighted by Gasteiger charge is 2.10. The van der Waals surface area contributed by atoms with Crippen LogP contribution in [0, 0.1) is 6.92 Å². The maximum absolute atomic E-state index is 10.8. The van der Waals surface area contributed by atoms with Crippen molar-refractivity contribution in [1.29, 1.82) is 0 Å². The van der Waals surface area contributed by atoms with Crippen molar-refractivity contribution < 1.29 is 9.90 Å². The number of imidazole rings is 1. The molecule has 0 unspecified atom stereocenters. The van der Waals surface area contributed by atoms with Crippen LogP contribution in [0.5, 0.6) is 0 Å². The van der Waals surface area contributed by atoms with Crippen molar-refractivity contribution in [3.63, 3.8) is 0 Å². The summed E-state index contributed by atoms with van der Waals surface area (Å²) in [7, 11) is 0. The van der Waals surface area contributed by atoms with Crippen LogP contribution in [0.25, 0.3) is 0 Å². The van der Waals surface area contributed by atoms with Gasteiger partial charge >= 0.3 is 5.97 Å². The fraction of sp³-hybridized carbons (Fsp3) is 0.286. The molecule has 0 aliphatic heterocycles. The molecule has 94 valence electrons. The lowest BCUT2D eigenvalue weighted by Crippen LogP contribution is -2.00. The number of aromatic carboxylic acids is 1. The van der Waals surface area contributed by atoms with Gasteiger partial charge < -0.3 is 9.67 Å². The van der Waals surface area contributed by atoms with Crippen molar-refractivity contribution in [3.05, 3.63) is 53.1 Å². The Balaban J connectivity index is 2.19. The third-order valence-electron chi connectivity index (χ3n) is 2.98. The SMILES string of the molecule is CCc1ccc(Cn2cc(C(=O)O)nc2C)cc1. The molecule has 1 heterocycles. The lowest BCUT2D eigenvalue weighted by molar-refractivity contribution is 0.0691. The highest BCUT2D eigenvalue weighted by Crippen LogP contribution is 2.10. The molecule has 1 aromatic heterocycles. The van der Waals surface area contributed by atoms with Crippen LogP contribution in [0.4, 0.5) is 0 Å². The Hall–Kier alpha value is -2.10. The van der Waals surface area contributed by atoms with Crippen molar-refractivity contribution in [2.75, 3.05) is 0 Å². The van der Waals surface area contributed by atoms with Crippen LogP contribution in [-0.2, 0) is 13.0 Å². The van der Waals surface area contributed by atoms with Crippen molar-refractivity contribution in [2.45, 2.75) is 26.8 Å². The molecule has 0 aliphatic rings. The minimum Gasteiger partial charge on any atom is -0.476 e. The zero-order valence-corrected chi connectivity index (χ0v) is 10.6. The summed E-state index contributed by atoms with van der Waals surface area (Å²) < 4.78 is 1.85. The van der Waals surface area contributed by atoms with Gasteiger partial charge in [0.2, 0.25) is 0 Å². The summed E-state index contributed by atoms with van der Waals surface area (Å²) >= 11 is 0. The lowest BCUT2D eigenvalue weighted by Gasteiger charge is -2.05. The van der Waals surface area contributed by atoms with E-state index in [-0.39, 0.29) is 5.69 Å². The molecule has 0 radical (unpaired) electrons. The highest BCUT2D eigenvalue weighted by molar-refractivity contribution is 5.85. The second kappa shape index (κ2) is 5.04. The van der Waals surface area contributed by atoms with E-state index in [4.69, 9.17) is 5.11 Å². The number of nitrogens with zero attached hydrogens (tertiary/aromatic N) is 2. The molecule has 0 aliphatic carbocycles. The largest absolute Gasteiger partial charge is 0.476 e. The fourth-order valence-corrected chi connectivity index (χ4v) is 1.85. The van der Waals surface area contributed by atoms with Gasteiger partial charge in [0.25, 0.3) is 0 Å². The monoisotopic (exact) mass is 244 g/mol. The van der Waals surface area contributed by atoms with Gasteiger partial charge in [0.1, 0.15) is 5.82 Å². The molecule has 2 aromatic rings. The van der Waals surface area contributed by atoms with Crippen LogP contribution in [0.15, 0.2) is 30.5 Å².